The van der Waals surface area contributed by atoms with Gasteiger partial charge < -0.3 is 10.2 Å². The Morgan fingerprint density at radius 2 is 2.23 bits per heavy atom. The molecule has 0 fully saturated rings. The van der Waals surface area contributed by atoms with Gasteiger partial charge in [-0.05, 0) is 43.0 Å². The normalized spacial score (nSPS) is 13.3. The van der Waals surface area contributed by atoms with Crippen molar-refractivity contribution in [3.8, 4) is 6.07 Å². The third kappa shape index (κ3) is 3.26. The van der Waals surface area contributed by atoms with Gasteiger partial charge in [-0.1, -0.05) is 24.3 Å². The van der Waals surface area contributed by atoms with Crippen molar-refractivity contribution in [3.63, 3.8) is 0 Å². The second kappa shape index (κ2) is 7.54. The lowest BCUT2D eigenvalue weighted by Crippen LogP contribution is -2.28. The minimum atomic E-state index is -0.232. The summed E-state index contributed by atoms with van der Waals surface area (Å²) in [7, 11) is 0. The number of nitrogens with one attached hydrogen (secondary N) is 1. The van der Waals surface area contributed by atoms with E-state index in [9.17, 15) is 14.9 Å². The molecule has 0 saturated carbocycles. The van der Waals surface area contributed by atoms with Crippen LogP contribution in [0.5, 0.6) is 0 Å². The van der Waals surface area contributed by atoms with E-state index in [-0.39, 0.29) is 5.91 Å². The van der Waals surface area contributed by atoms with Gasteiger partial charge in [0, 0.05) is 17.0 Å². The maximum atomic E-state index is 12.8. The Morgan fingerprint density at radius 1 is 1.42 bits per heavy atom. The lowest BCUT2D eigenvalue weighted by atomic mass is 10.0. The van der Waals surface area contributed by atoms with Gasteiger partial charge in [-0.3, -0.25) is 9.59 Å². The number of rotatable bonds is 4. The molecule has 5 nitrogen and oxygen atoms in total. The first kappa shape index (κ1) is 17.9. The summed E-state index contributed by atoms with van der Waals surface area (Å²) in [4.78, 5) is 26.5. The molecule has 26 heavy (non-hydrogen) atoms. The van der Waals surface area contributed by atoms with Gasteiger partial charge in [0.05, 0.1) is 12.1 Å². The molecule has 1 aromatic carbocycles. The molecular formula is C20H19N3O2S. The van der Waals surface area contributed by atoms with E-state index in [4.69, 9.17) is 0 Å². The van der Waals surface area contributed by atoms with Gasteiger partial charge in [-0.2, -0.15) is 5.26 Å². The van der Waals surface area contributed by atoms with Gasteiger partial charge in [0.2, 0.25) is 6.41 Å². The number of hydrogen-bond acceptors (Lipinski definition) is 4. The zero-order valence-corrected chi connectivity index (χ0v) is 15.5. The Morgan fingerprint density at radius 3 is 2.92 bits per heavy atom. The Balaban J connectivity index is 1.94. The van der Waals surface area contributed by atoms with Gasteiger partial charge in [0.25, 0.3) is 5.91 Å². The van der Waals surface area contributed by atoms with Crippen LogP contribution < -0.4 is 5.32 Å². The van der Waals surface area contributed by atoms with Crippen LogP contribution in [0.1, 0.15) is 44.4 Å². The van der Waals surface area contributed by atoms with Gasteiger partial charge in [-0.25, -0.2) is 0 Å². The molecule has 1 N–H and O–H groups in total. The zero-order chi connectivity index (χ0) is 18.7. The largest absolute Gasteiger partial charge is 0.340 e. The van der Waals surface area contributed by atoms with Crippen LogP contribution in [0.25, 0.3) is 6.08 Å². The molecule has 0 radical (unpaired) electrons. The molecule has 2 amide bonds. The van der Waals surface area contributed by atoms with Crippen molar-refractivity contribution in [1.29, 1.82) is 5.26 Å². The fraction of sp³-hybridized carbons (Fsp3) is 0.250. The second-order valence-corrected chi connectivity index (χ2v) is 7.24. The predicted octanol–water partition coefficient (Wildman–Crippen LogP) is 3.73. The minimum Gasteiger partial charge on any atom is -0.340 e. The lowest BCUT2D eigenvalue weighted by Gasteiger charge is -2.22. The molecular weight excluding hydrogens is 346 g/mol. The van der Waals surface area contributed by atoms with E-state index in [1.165, 1.54) is 11.3 Å². The molecule has 1 aliphatic rings. The standard InChI is InChI=1S/C20H19N3O2S/c1-3-5-14-13(2)6-4-7-16(14)19(25)22-20-17(10-21)15-8-9-23(12-24)11-18(15)26-20/h3-7,12H,8-9,11H2,1-2H3,(H,22,25)/b5-3-. The Labute approximate surface area is 156 Å². The summed E-state index contributed by atoms with van der Waals surface area (Å²) in [5.41, 5.74) is 3.93. The Kier molecular flexibility index (Phi) is 5.19. The Bertz CT molecular complexity index is 937. The van der Waals surface area contributed by atoms with Crippen molar-refractivity contribution in [2.45, 2.75) is 26.8 Å². The average molecular weight is 365 g/mol. The number of nitriles is 1. The number of amides is 2. The van der Waals surface area contributed by atoms with Crippen molar-refractivity contribution < 1.29 is 9.59 Å². The molecule has 0 bridgehead atoms. The van der Waals surface area contributed by atoms with Gasteiger partial charge in [-0.15, -0.1) is 11.3 Å². The van der Waals surface area contributed by atoms with Crippen molar-refractivity contribution in [2.75, 3.05) is 11.9 Å². The van der Waals surface area contributed by atoms with E-state index in [0.717, 1.165) is 28.0 Å². The summed E-state index contributed by atoms with van der Waals surface area (Å²) >= 11 is 1.38. The number of anilines is 1. The SMILES string of the molecule is C/C=C\c1c(C)cccc1C(=O)Nc1sc2c(c1C#N)CCN(C=O)C2. The first-order chi connectivity index (χ1) is 12.6. The number of thiophene rings is 1. The summed E-state index contributed by atoms with van der Waals surface area (Å²) in [6.45, 7) is 4.96. The third-order valence-corrected chi connectivity index (χ3v) is 5.61. The van der Waals surface area contributed by atoms with Gasteiger partial charge in [0.1, 0.15) is 11.1 Å². The monoisotopic (exact) mass is 365 g/mol. The molecule has 1 aliphatic heterocycles. The fourth-order valence-electron chi connectivity index (χ4n) is 3.16. The number of benzene rings is 1. The smallest absolute Gasteiger partial charge is 0.256 e. The van der Waals surface area contributed by atoms with Crippen LogP contribution in [0.15, 0.2) is 24.3 Å². The average Bonchev–Trinajstić information content (AvgIpc) is 2.99. The molecule has 0 unspecified atom stereocenters. The van der Waals surface area contributed by atoms with E-state index >= 15 is 0 Å². The van der Waals surface area contributed by atoms with E-state index in [0.29, 0.717) is 35.6 Å². The van der Waals surface area contributed by atoms with E-state index in [1.807, 2.05) is 38.1 Å². The van der Waals surface area contributed by atoms with E-state index in [1.54, 1.807) is 11.0 Å². The molecule has 0 saturated heterocycles. The van der Waals surface area contributed by atoms with Crippen molar-refractivity contribution in [2.24, 2.45) is 0 Å². The lowest BCUT2D eigenvalue weighted by molar-refractivity contribution is -0.118. The zero-order valence-electron chi connectivity index (χ0n) is 14.7. The third-order valence-electron chi connectivity index (χ3n) is 4.48. The number of allylic oxidation sites excluding steroid dienone is 1. The van der Waals surface area contributed by atoms with Crippen molar-refractivity contribution in [1.82, 2.24) is 4.90 Å². The molecule has 6 heteroatoms. The van der Waals surface area contributed by atoms with Crippen LogP contribution in [0.2, 0.25) is 0 Å². The van der Waals surface area contributed by atoms with Crippen LogP contribution in [0.4, 0.5) is 5.00 Å². The Hall–Kier alpha value is -2.91. The highest BCUT2D eigenvalue weighted by atomic mass is 32.1. The number of nitrogens with zero attached hydrogens (tertiary/aromatic N) is 2. The van der Waals surface area contributed by atoms with Crippen molar-refractivity contribution >= 4 is 34.7 Å². The molecule has 1 aromatic heterocycles. The molecule has 2 aromatic rings. The molecule has 3 rings (SSSR count). The van der Waals surface area contributed by atoms with Crippen molar-refractivity contribution in [3.05, 3.63) is 57.0 Å². The number of carbonyl (C=O) groups excluding carboxylic acids is 2. The summed E-state index contributed by atoms with van der Waals surface area (Å²) in [5, 5.41) is 13.0. The molecule has 132 valence electrons. The second-order valence-electron chi connectivity index (χ2n) is 6.14. The summed E-state index contributed by atoms with van der Waals surface area (Å²) in [5.74, 6) is -0.232. The number of fused-ring (bicyclic) bond motifs is 1. The summed E-state index contributed by atoms with van der Waals surface area (Å²) < 4.78 is 0. The highest BCUT2D eigenvalue weighted by Crippen LogP contribution is 2.36. The van der Waals surface area contributed by atoms with Gasteiger partial charge >= 0.3 is 0 Å². The maximum absolute atomic E-state index is 12.8. The minimum absolute atomic E-state index is 0.232. The van der Waals surface area contributed by atoms with Crippen LogP contribution >= 0.6 is 11.3 Å². The van der Waals surface area contributed by atoms with Crippen LogP contribution in [0, 0.1) is 18.3 Å². The topological polar surface area (TPSA) is 73.2 Å². The molecule has 0 aliphatic carbocycles. The first-order valence-corrected chi connectivity index (χ1v) is 9.18. The van der Waals surface area contributed by atoms with Crippen LogP contribution in [0.3, 0.4) is 0 Å². The number of aryl methyl sites for hydroxylation is 1. The number of hydrogen-bond donors (Lipinski definition) is 1. The maximum Gasteiger partial charge on any atom is 0.256 e. The highest BCUT2D eigenvalue weighted by Gasteiger charge is 2.25. The summed E-state index contributed by atoms with van der Waals surface area (Å²) in [6, 6.07) is 7.82. The first-order valence-electron chi connectivity index (χ1n) is 8.36. The van der Waals surface area contributed by atoms with Crippen LogP contribution in [-0.4, -0.2) is 23.8 Å². The summed E-state index contributed by atoms with van der Waals surface area (Å²) in [6.07, 6.45) is 5.27. The van der Waals surface area contributed by atoms with Gasteiger partial charge in [0.15, 0.2) is 0 Å². The number of carbonyl (C=O) groups is 2. The molecule has 0 atom stereocenters. The predicted molar refractivity (Wildman–Crippen MR) is 103 cm³/mol. The molecule has 0 spiro atoms. The molecule has 2 heterocycles. The fourth-order valence-corrected chi connectivity index (χ4v) is 4.38. The highest BCUT2D eigenvalue weighted by molar-refractivity contribution is 7.16. The van der Waals surface area contributed by atoms with E-state index < -0.39 is 0 Å². The quantitative estimate of drug-likeness (QED) is 0.839. The van der Waals surface area contributed by atoms with E-state index in [2.05, 4.69) is 11.4 Å². The van der Waals surface area contributed by atoms with Crippen LogP contribution in [-0.2, 0) is 17.8 Å².